The first-order chi connectivity index (χ1) is 9.66. The molecule has 6 heteroatoms. The van der Waals surface area contributed by atoms with Gasteiger partial charge in [0.05, 0.1) is 13.2 Å². The molecule has 0 saturated carbocycles. The summed E-state index contributed by atoms with van der Waals surface area (Å²) in [4.78, 5) is 27.1. The molecule has 114 valence electrons. The highest BCUT2D eigenvalue weighted by atomic mass is 16.5. The monoisotopic (exact) mass is 284 g/mol. The molecule has 1 amide bonds. The van der Waals surface area contributed by atoms with Crippen molar-refractivity contribution in [3.63, 3.8) is 0 Å². The Bertz CT molecular complexity index is 340. The molecule has 2 aliphatic heterocycles. The van der Waals surface area contributed by atoms with Crippen LogP contribution in [0.15, 0.2) is 0 Å². The van der Waals surface area contributed by atoms with Gasteiger partial charge in [-0.05, 0) is 12.8 Å². The number of carbonyl (C=O) groups is 2. The molecular formula is C14H24N2O4. The van der Waals surface area contributed by atoms with Crippen LogP contribution in [0.4, 0.5) is 0 Å². The van der Waals surface area contributed by atoms with Crippen molar-refractivity contribution in [2.45, 2.75) is 38.2 Å². The second kappa shape index (κ2) is 7.59. The number of morpholine rings is 1. The van der Waals surface area contributed by atoms with Crippen LogP contribution in [-0.4, -0.2) is 72.2 Å². The summed E-state index contributed by atoms with van der Waals surface area (Å²) in [6.45, 7) is 3.30. The maximum absolute atomic E-state index is 12.3. The molecule has 0 aromatic rings. The molecule has 2 aliphatic rings. The van der Waals surface area contributed by atoms with Crippen LogP contribution in [0.3, 0.4) is 0 Å². The largest absolute Gasteiger partial charge is 0.479 e. The third-order valence-electron chi connectivity index (χ3n) is 3.99. The van der Waals surface area contributed by atoms with Crippen LogP contribution >= 0.6 is 0 Å². The van der Waals surface area contributed by atoms with Crippen molar-refractivity contribution in [2.24, 2.45) is 0 Å². The van der Waals surface area contributed by atoms with Gasteiger partial charge in [0.2, 0.25) is 5.91 Å². The van der Waals surface area contributed by atoms with Gasteiger partial charge in [-0.2, -0.15) is 0 Å². The second-order valence-electron chi connectivity index (χ2n) is 5.58. The van der Waals surface area contributed by atoms with Crippen molar-refractivity contribution in [1.29, 1.82) is 0 Å². The van der Waals surface area contributed by atoms with E-state index in [1.807, 2.05) is 9.80 Å². The van der Waals surface area contributed by atoms with Gasteiger partial charge in [-0.1, -0.05) is 19.3 Å². The van der Waals surface area contributed by atoms with Crippen molar-refractivity contribution in [1.82, 2.24) is 9.80 Å². The Labute approximate surface area is 119 Å². The number of carboxylic acid groups (broad SMARTS) is 1. The maximum atomic E-state index is 12.3. The Morgan fingerprint density at radius 1 is 1.05 bits per heavy atom. The van der Waals surface area contributed by atoms with Gasteiger partial charge in [0.1, 0.15) is 0 Å². The molecule has 0 radical (unpaired) electrons. The molecule has 1 unspecified atom stereocenters. The second-order valence-corrected chi connectivity index (χ2v) is 5.58. The Morgan fingerprint density at radius 2 is 1.70 bits per heavy atom. The van der Waals surface area contributed by atoms with Gasteiger partial charge >= 0.3 is 5.97 Å². The molecule has 20 heavy (non-hydrogen) atoms. The lowest BCUT2D eigenvalue weighted by Gasteiger charge is -2.32. The van der Waals surface area contributed by atoms with E-state index >= 15 is 0 Å². The number of nitrogens with zero attached hydrogens (tertiary/aromatic N) is 2. The highest BCUT2D eigenvalue weighted by molar-refractivity contribution is 5.78. The molecule has 6 nitrogen and oxygen atoms in total. The van der Waals surface area contributed by atoms with E-state index in [1.54, 1.807) is 0 Å². The van der Waals surface area contributed by atoms with Crippen molar-refractivity contribution >= 4 is 11.9 Å². The minimum Gasteiger partial charge on any atom is -0.479 e. The summed E-state index contributed by atoms with van der Waals surface area (Å²) in [5.41, 5.74) is 0. The van der Waals surface area contributed by atoms with E-state index in [2.05, 4.69) is 0 Å². The van der Waals surface area contributed by atoms with Crippen molar-refractivity contribution in [3.8, 4) is 0 Å². The fourth-order valence-corrected chi connectivity index (χ4v) is 2.78. The third-order valence-corrected chi connectivity index (χ3v) is 3.99. The first-order valence-electron chi connectivity index (χ1n) is 7.51. The van der Waals surface area contributed by atoms with Crippen LogP contribution in [0.2, 0.25) is 0 Å². The number of ether oxygens (including phenoxy) is 1. The smallest absolute Gasteiger partial charge is 0.334 e. The number of hydrogen-bond donors (Lipinski definition) is 1. The Balaban J connectivity index is 1.81. The number of hydrogen-bond acceptors (Lipinski definition) is 4. The van der Waals surface area contributed by atoms with E-state index in [4.69, 9.17) is 9.84 Å². The number of rotatable bonds is 3. The highest BCUT2D eigenvalue weighted by Gasteiger charge is 2.28. The summed E-state index contributed by atoms with van der Waals surface area (Å²) in [6, 6.07) is 0. The molecule has 0 bridgehead atoms. The van der Waals surface area contributed by atoms with Gasteiger partial charge in [-0.3, -0.25) is 9.69 Å². The molecule has 2 heterocycles. The first kappa shape index (κ1) is 15.3. The first-order valence-corrected chi connectivity index (χ1v) is 7.51. The van der Waals surface area contributed by atoms with Gasteiger partial charge in [0, 0.05) is 26.2 Å². The van der Waals surface area contributed by atoms with Gasteiger partial charge in [-0.15, -0.1) is 0 Å². The fourth-order valence-electron chi connectivity index (χ4n) is 2.78. The van der Waals surface area contributed by atoms with Crippen molar-refractivity contribution in [3.05, 3.63) is 0 Å². The molecule has 0 aromatic heterocycles. The average Bonchev–Trinajstić information content (AvgIpc) is 2.38. The SMILES string of the molecule is O=C(O)C1CN(CC(=O)N2CCCCCCC2)CCO1. The van der Waals surface area contributed by atoms with Crippen molar-refractivity contribution in [2.75, 3.05) is 39.3 Å². The summed E-state index contributed by atoms with van der Waals surface area (Å²) < 4.78 is 5.17. The summed E-state index contributed by atoms with van der Waals surface area (Å²) in [7, 11) is 0. The van der Waals surface area contributed by atoms with Gasteiger partial charge in [0.15, 0.2) is 6.10 Å². The highest BCUT2D eigenvalue weighted by Crippen LogP contribution is 2.12. The van der Waals surface area contributed by atoms with Gasteiger partial charge in [0.25, 0.3) is 0 Å². The van der Waals surface area contributed by atoms with Crippen LogP contribution in [0.1, 0.15) is 32.1 Å². The molecule has 1 N–H and O–H groups in total. The molecule has 0 aliphatic carbocycles. The number of carboxylic acids is 1. The number of carbonyl (C=O) groups excluding carboxylic acids is 1. The van der Waals surface area contributed by atoms with Crippen LogP contribution in [-0.2, 0) is 14.3 Å². The number of amides is 1. The topological polar surface area (TPSA) is 70.1 Å². The molecular weight excluding hydrogens is 260 g/mol. The molecule has 1 atom stereocenters. The third kappa shape index (κ3) is 4.45. The summed E-state index contributed by atoms with van der Waals surface area (Å²) >= 11 is 0. The zero-order valence-corrected chi connectivity index (χ0v) is 11.9. The van der Waals surface area contributed by atoms with Crippen molar-refractivity contribution < 1.29 is 19.4 Å². The number of aliphatic carboxylic acids is 1. The van der Waals surface area contributed by atoms with E-state index < -0.39 is 12.1 Å². The fraction of sp³-hybridized carbons (Fsp3) is 0.857. The predicted octanol–water partition coefficient (Wildman–Crippen LogP) is 0.564. The lowest BCUT2D eigenvalue weighted by molar-refractivity contribution is -0.157. The summed E-state index contributed by atoms with van der Waals surface area (Å²) in [6.07, 6.45) is 5.01. The lowest BCUT2D eigenvalue weighted by atomic mass is 10.1. The summed E-state index contributed by atoms with van der Waals surface area (Å²) in [5.74, 6) is -0.827. The number of likely N-dealkylation sites (tertiary alicyclic amines) is 1. The minimum atomic E-state index is -0.951. The van der Waals surface area contributed by atoms with E-state index in [-0.39, 0.29) is 5.91 Å². The Kier molecular flexibility index (Phi) is 5.79. The molecule has 2 saturated heterocycles. The van der Waals surface area contributed by atoms with Crippen LogP contribution in [0, 0.1) is 0 Å². The quantitative estimate of drug-likeness (QED) is 0.820. The molecule has 0 spiro atoms. The van der Waals surface area contributed by atoms with Gasteiger partial charge in [-0.25, -0.2) is 4.79 Å². The zero-order chi connectivity index (χ0) is 14.4. The minimum absolute atomic E-state index is 0.123. The van der Waals surface area contributed by atoms with Crippen LogP contribution in [0.25, 0.3) is 0 Å². The van der Waals surface area contributed by atoms with E-state index in [1.165, 1.54) is 19.3 Å². The Hall–Kier alpha value is -1.14. The van der Waals surface area contributed by atoms with Gasteiger partial charge < -0.3 is 14.7 Å². The lowest BCUT2D eigenvalue weighted by Crippen LogP contribution is -2.50. The predicted molar refractivity (Wildman–Crippen MR) is 73.5 cm³/mol. The Morgan fingerprint density at radius 3 is 2.35 bits per heavy atom. The normalized spacial score (nSPS) is 25.8. The molecule has 2 fully saturated rings. The van der Waals surface area contributed by atoms with Crippen LogP contribution in [0.5, 0.6) is 0 Å². The molecule has 0 aromatic carbocycles. The van der Waals surface area contributed by atoms with Crippen LogP contribution < -0.4 is 0 Å². The maximum Gasteiger partial charge on any atom is 0.334 e. The standard InChI is InChI=1S/C14H24N2O4/c17-13(16-6-4-2-1-3-5-7-16)11-15-8-9-20-12(10-15)14(18)19/h12H,1-11H2,(H,18,19). The zero-order valence-electron chi connectivity index (χ0n) is 11.9. The molecule has 2 rings (SSSR count). The van der Waals surface area contributed by atoms with E-state index in [0.717, 1.165) is 25.9 Å². The van der Waals surface area contributed by atoms with E-state index in [9.17, 15) is 9.59 Å². The summed E-state index contributed by atoms with van der Waals surface area (Å²) in [5, 5.41) is 8.96. The van der Waals surface area contributed by atoms with E-state index in [0.29, 0.717) is 26.2 Å². The average molecular weight is 284 g/mol.